The molecule has 0 saturated carbocycles. The highest BCUT2D eigenvalue weighted by atomic mass is 19.1. The minimum absolute atomic E-state index is 0.0199. The number of hydrogen-bond donors (Lipinski definition) is 1. The van der Waals surface area contributed by atoms with Crippen LogP contribution in [0.2, 0.25) is 0 Å². The van der Waals surface area contributed by atoms with E-state index in [4.69, 9.17) is 0 Å². The van der Waals surface area contributed by atoms with Crippen LogP contribution in [0.5, 0.6) is 0 Å². The zero-order chi connectivity index (χ0) is 18.9. The molecule has 28 heavy (non-hydrogen) atoms. The van der Waals surface area contributed by atoms with Crippen molar-refractivity contribution in [2.45, 2.75) is 38.0 Å². The van der Waals surface area contributed by atoms with Crippen molar-refractivity contribution in [3.63, 3.8) is 0 Å². The maximum absolute atomic E-state index is 13.5. The van der Waals surface area contributed by atoms with E-state index in [1.54, 1.807) is 0 Å². The van der Waals surface area contributed by atoms with Crippen LogP contribution in [0.1, 0.15) is 36.3 Å². The van der Waals surface area contributed by atoms with Crippen molar-refractivity contribution in [2.75, 3.05) is 0 Å². The minimum Gasteiger partial charge on any atom is -0.334 e. The van der Waals surface area contributed by atoms with Crippen LogP contribution < -0.4 is 5.32 Å². The van der Waals surface area contributed by atoms with Gasteiger partial charge in [-0.15, -0.1) is 0 Å². The molecule has 1 aliphatic heterocycles. The number of nitrogens with one attached hydrogen (secondary N) is 1. The summed E-state index contributed by atoms with van der Waals surface area (Å²) >= 11 is 0. The standard InChI is InChI=1S/C22H22FN5/c23-17-9-7-16(8-10-17)20(14-28-15-25-18-4-1-2-6-21(18)28)26-19-5-3-12-27-13-11-24-22(19)27/h1-2,4,6-11,13,15,19-20,26H,3,5,12,14H2. The van der Waals surface area contributed by atoms with E-state index in [0.717, 1.165) is 41.8 Å². The lowest BCUT2D eigenvalue weighted by atomic mass is 10.0. The van der Waals surface area contributed by atoms with E-state index in [-0.39, 0.29) is 17.9 Å². The molecule has 0 fully saturated rings. The molecule has 0 radical (unpaired) electrons. The van der Waals surface area contributed by atoms with E-state index >= 15 is 0 Å². The summed E-state index contributed by atoms with van der Waals surface area (Å²) in [6.07, 6.45) is 7.94. The summed E-state index contributed by atoms with van der Waals surface area (Å²) in [6.45, 7) is 1.73. The van der Waals surface area contributed by atoms with Crippen molar-refractivity contribution in [1.29, 1.82) is 0 Å². The van der Waals surface area contributed by atoms with Gasteiger partial charge in [-0.2, -0.15) is 0 Å². The van der Waals surface area contributed by atoms with E-state index in [9.17, 15) is 4.39 Å². The number of aryl methyl sites for hydroxylation is 1. The number of rotatable bonds is 5. The molecule has 5 nitrogen and oxygen atoms in total. The van der Waals surface area contributed by atoms with Crippen molar-refractivity contribution >= 4 is 11.0 Å². The first-order valence-corrected chi connectivity index (χ1v) is 9.70. The Balaban J connectivity index is 1.48. The van der Waals surface area contributed by atoms with Crippen molar-refractivity contribution in [2.24, 2.45) is 0 Å². The van der Waals surface area contributed by atoms with Crippen molar-refractivity contribution in [3.8, 4) is 0 Å². The molecule has 142 valence electrons. The van der Waals surface area contributed by atoms with Gasteiger partial charge in [0, 0.05) is 25.5 Å². The number of aromatic nitrogens is 4. The number of fused-ring (bicyclic) bond motifs is 2. The van der Waals surface area contributed by atoms with Gasteiger partial charge in [0.2, 0.25) is 0 Å². The number of benzene rings is 2. The van der Waals surface area contributed by atoms with Crippen LogP contribution in [0.4, 0.5) is 4.39 Å². The van der Waals surface area contributed by atoms with E-state index < -0.39 is 0 Å². The van der Waals surface area contributed by atoms with Crippen LogP contribution in [0, 0.1) is 5.82 Å². The van der Waals surface area contributed by atoms with Crippen molar-refractivity contribution < 1.29 is 4.39 Å². The second kappa shape index (κ2) is 7.20. The SMILES string of the molecule is Fc1ccc(C(Cn2cnc3ccccc32)NC2CCCn3ccnc32)cc1. The average molecular weight is 375 g/mol. The second-order valence-corrected chi connectivity index (χ2v) is 7.33. The Labute approximate surface area is 162 Å². The Morgan fingerprint density at radius 1 is 1.11 bits per heavy atom. The van der Waals surface area contributed by atoms with Crippen LogP contribution >= 0.6 is 0 Å². The van der Waals surface area contributed by atoms with Crippen LogP contribution in [0.25, 0.3) is 11.0 Å². The molecule has 0 amide bonds. The Bertz CT molecular complexity index is 1080. The van der Waals surface area contributed by atoms with Gasteiger partial charge in [-0.3, -0.25) is 5.32 Å². The van der Waals surface area contributed by atoms with Gasteiger partial charge in [-0.1, -0.05) is 24.3 Å². The quantitative estimate of drug-likeness (QED) is 0.568. The first kappa shape index (κ1) is 17.1. The van der Waals surface area contributed by atoms with Crippen molar-refractivity contribution in [3.05, 3.63) is 84.5 Å². The largest absolute Gasteiger partial charge is 0.334 e. The third kappa shape index (κ3) is 3.20. The molecule has 2 unspecified atom stereocenters. The number of hydrogen-bond acceptors (Lipinski definition) is 3. The summed E-state index contributed by atoms with van der Waals surface area (Å²) in [5.74, 6) is 0.859. The molecule has 2 atom stereocenters. The van der Waals surface area contributed by atoms with Gasteiger partial charge < -0.3 is 9.13 Å². The van der Waals surface area contributed by atoms with E-state index in [0.29, 0.717) is 6.54 Å². The summed E-state index contributed by atoms with van der Waals surface area (Å²) in [7, 11) is 0. The lowest BCUT2D eigenvalue weighted by molar-refractivity contribution is 0.332. The van der Waals surface area contributed by atoms with Gasteiger partial charge in [0.25, 0.3) is 0 Å². The molecule has 5 rings (SSSR count). The molecule has 0 saturated heterocycles. The van der Waals surface area contributed by atoms with Gasteiger partial charge in [-0.25, -0.2) is 14.4 Å². The maximum Gasteiger partial charge on any atom is 0.125 e. The van der Waals surface area contributed by atoms with Gasteiger partial charge in [-0.05, 0) is 42.7 Å². The molecule has 6 heteroatoms. The molecule has 1 aliphatic rings. The smallest absolute Gasteiger partial charge is 0.125 e. The topological polar surface area (TPSA) is 47.7 Å². The van der Waals surface area contributed by atoms with Crippen LogP contribution in [0.15, 0.2) is 67.3 Å². The summed E-state index contributed by atoms with van der Waals surface area (Å²) in [5, 5.41) is 3.78. The highest BCUT2D eigenvalue weighted by Crippen LogP contribution is 2.28. The average Bonchev–Trinajstić information content (AvgIpc) is 3.36. The molecule has 2 aromatic carbocycles. The summed E-state index contributed by atoms with van der Waals surface area (Å²) in [4.78, 5) is 9.08. The zero-order valence-electron chi connectivity index (χ0n) is 15.5. The molecule has 2 aromatic heterocycles. The molecular weight excluding hydrogens is 353 g/mol. The molecule has 0 aliphatic carbocycles. The second-order valence-electron chi connectivity index (χ2n) is 7.33. The van der Waals surface area contributed by atoms with Crippen LogP contribution in [-0.4, -0.2) is 19.1 Å². The fraction of sp³-hybridized carbons (Fsp3) is 0.273. The highest BCUT2D eigenvalue weighted by Gasteiger charge is 2.25. The van der Waals surface area contributed by atoms with Gasteiger partial charge in [0.05, 0.1) is 29.4 Å². The number of halogens is 1. The molecule has 1 N–H and O–H groups in total. The van der Waals surface area contributed by atoms with Gasteiger partial charge in [0.1, 0.15) is 11.6 Å². The monoisotopic (exact) mass is 375 g/mol. The molecule has 0 spiro atoms. The predicted molar refractivity (Wildman–Crippen MR) is 106 cm³/mol. The predicted octanol–water partition coefficient (Wildman–Crippen LogP) is 4.24. The summed E-state index contributed by atoms with van der Waals surface area (Å²) < 4.78 is 17.9. The van der Waals surface area contributed by atoms with Crippen LogP contribution in [-0.2, 0) is 13.1 Å². The molecule has 4 aromatic rings. The van der Waals surface area contributed by atoms with E-state index in [1.165, 1.54) is 12.1 Å². The molecule has 0 bridgehead atoms. The summed E-state index contributed by atoms with van der Waals surface area (Å²) in [6, 6.07) is 15.1. The third-order valence-electron chi connectivity index (χ3n) is 5.53. The zero-order valence-corrected chi connectivity index (χ0v) is 15.5. The number of imidazole rings is 2. The third-order valence-corrected chi connectivity index (χ3v) is 5.53. The first-order valence-electron chi connectivity index (χ1n) is 9.70. The van der Waals surface area contributed by atoms with Crippen LogP contribution in [0.3, 0.4) is 0 Å². The number of para-hydroxylation sites is 2. The minimum atomic E-state index is -0.219. The van der Waals surface area contributed by atoms with E-state index in [2.05, 4.69) is 30.5 Å². The summed E-state index contributed by atoms with van der Waals surface area (Å²) in [5.41, 5.74) is 3.14. The Morgan fingerprint density at radius 2 is 1.96 bits per heavy atom. The van der Waals surface area contributed by atoms with Gasteiger partial charge >= 0.3 is 0 Å². The van der Waals surface area contributed by atoms with Gasteiger partial charge in [0.15, 0.2) is 0 Å². The van der Waals surface area contributed by atoms with Crippen molar-refractivity contribution in [1.82, 2.24) is 24.4 Å². The van der Waals surface area contributed by atoms with E-state index in [1.807, 2.05) is 49.1 Å². The fourth-order valence-corrected chi connectivity index (χ4v) is 4.12. The Hall–Kier alpha value is -2.99. The normalized spacial score (nSPS) is 17.5. The first-order chi connectivity index (χ1) is 13.8. The highest BCUT2D eigenvalue weighted by molar-refractivity contribution is 5.74. The number of nitrogens with zero attached hydrogens (tertiary/aromatic N) is 4. The molecular formula is C22H22FN5. The fourth-order valence-electron chi connectivity index (χ4n) is 4.12. The Kier molecular flexibility index (Phi) is 4.41. The lowest BCUT2D eigenvalue weighted by Gasteiger charge is -2.29. The molecule has 3 heterocycles. The maximum atomic E-state index is 13.5. The Morgan fingerprint density at radius 3 is 2.86 bits per heavy atom. The lowest BCUT2D eigenvalue weighted by Crippen LogP contribution is -2.33.